The first-order valence-electron chi connectivity index (χ1n) is 10.7. The molecule has 2 heterocycles. The van der Waals surface area contributed by atoms with Gasteiger partial charge in [-0.2, -0.15) is 0 Å². The third-order valence-electron chi connectivity index (χ3n) is 5.80. The average molecular weight is 442 g/mol. The van der Waals surface area contributed by atoms with E-state index >= 15 is 0 Å². The number of thiophene rings is 1. The van der Waals surface area contributed by atoms with Crippen LogP contribution in [-0.4, -0.2) is 42.9 Å². The minimum absolute atomic E-state index is 0.117. The molecule has 0 aliphatic carbocycles. The van der Waals surface area contributed by atoms with Crippen LogP contribution in [0.5, 0.6) is 0 Å². The van der Waals surface area contributed by atoms with Crippen molar-refractivity contribution in [1.29, 1.82) is 0 Å². The number of hydrogen-bond acceptors (Lipinski definition) is 4. The van der Waals surface area contributed by atoms with Gasteiger partial charge in [-0.25, -0.2) is 0 Å². The zero-order valence-electron chi connectivity index (χ0n) is 17.5. The fraction of sp³-hybridized carbons (Fsp3) is 0.154. The first-order chi connectivity index (χ1) is 15.7. The van der Waals surface area contributed by atoms with Crippen LogP contribution in [0.3, 0.4) is 0 Å². The molecular weight excluding hydrogens is 418 g/mol. The van der Waals surface area contributed by atoms with Gasteiger partial charge in [0.05, 0.1) is 4.88 Å². The molecule has 1 saturated heterocycles. The summed E-state index contributed by atoms with van der Waals surface area (Å²) in [4.78, 5) is 30.2. The summed E-state index contributed by atoms with van der Waals surface area (Å²) in [5, 5.41) is 7.08. The largest absolute Gasteiger partial charge is 0.368 e. The van der Waals surface area contributed by atoms with E-state index in [1.807, 2.05) is 89.1 Å². The molecular formula is C26H23N3O2S. The van der Waals surface area contributed by atoms with E-state index in [0.29, 0.717) is 18.7 Å². The topological polar surface area (TPSA) is 52.7 Å². The molecule has 6 heteroatoms. The van der Waals surface area contributed by atoms with Gasteiger partial charge < -0.3 is 15.1 Å². The van der Waals surface area contributed by atoms with Crippen molar-refractivity contribution >= 4 is 45.3 Å². The predicted molar refractivity (Wildman–Crippen MR) is 131 cm³/mol. The van der Waals surface area contributed by atoms with Crippen molar-refractivity contribution in [3.63, 3.8) is 0 Å². The second kappa shape index (κ2) is 8.85. The number of carbonyl (C=O) groups excluding carboxylic acids is 2. The normalized spacial score (nSPS) is 13.9. The Bertz CT molecular complexity index is 1240. The van der Waals surface area contributed by atoms with Crippen molar-refractivity contribution < 1.29 is 9.59 Å². The van der Waals surface area contributed by atoms with E-state index in [1.165, 1.54) is 11.3 Å². The Hall–Kier alpha value is -3.64. The number of fused-ring (bicyclic) bond motifs is 1. The quantitative estimate of drug-likeness (QED) is 0.478. The van der Waals surface area contributed by atoms with Gasteiger partial charge in [0.2, 0.25) is 0 Å². The first kappa shape index (κ1) is 20.3. The van der Waals surface area contributed by atoms with Gasteiger partial charge in [0.1, 0.15) is 0 Å². The Morgan fingerprint density at radius 2 is 1.53 bits per heavy atom. The highest BCUT2D eigenvalue weighted by molar-refractivity contribution is 7.12. The fourth-order valence-corrected chi connectivity index (χ4v) is 4.70. The van der Waals surface area contributed by atoms with E-state index in [9.17, 15) is 9.59 Å². The third kappa shape index (κ3) is 4.22. The Balaban J connectivity index is 1.20. The summed E-state index contributed by atoms with van der Waals surface area (Å²) in [7, 11) is 0. The molecule has 0 spiro atoms. The number of anilines is 2. The summed E-state index contributed by atoms with van der Waals surface area (Å²) in [6.07, 6.45) is 0. The van der Waals surface area contributed by atoms with E-state index in [2.05, 4.69) is 10.2 Å². The maximum Gasteiger partial charge on any atom is 0.264 e. The summed E-state index contributed by atoms with van der Waals surface area (Å²) >= 11 is 1.49. The van der Waals surface area contributed by atoms with Crippen LogP contribution in [-0.2, 0) is 0 Å². The lowest BCUT2D eigenvalue weighted by atomic mass is 10.1. The molecule has 1 aliphatic heterocycles. The SMILES string of the molecule is O=C(Nc1ccc(N2CCN(C(=O)c3cccs3)CC2)cc1)c1ccc2ccccc2c1. The summed E-state index contributed by atoms with van der Waals surface area (Å²) < 4.78 is 0. The molecule has 0 bridgehead atoms. The Morgan fingerprint density at radius 3 is 2.25 bits per heavy atom. The summed E-state index contributed by atoms with van der Waals surface area (Å²) in [5.74, 6) is -0.00407. The molecule has 32 heavy (non-hydrogen) atoms. The van der Waals surface area contributed by atoms with Gasteiger partial charge in [0.15, 0.2) is 0 Å². The lowest BCUT2D eigenvalue weighted by molar-refractivity contribution is 0.0751. The fourth-order valence-electron chi connectivity index (χ4n) is 4.01. The number of nitrogens with one attached hydrogen (secondary N) is 1. The van der Waals surface area contributed by atoms with Gasteiger partial charge in [0, 0.05) is 43.1 Å². The smallest absolute Gasteiger partial charge is 0.264 e. The van der Waals surface area contributed by atoms with E-state index in [0.717, 1.165) is 40.1 Å². The zero-order valence-corrected chi connectivity index (χ0v) is 18.3. The van der Waals surface area contributed by atoms with E-state index < -0.39 is 0 Å². The van der Waals surface area contributed by atoms with E-state index in [1.54, 1.807) is 0 Å². The minimum atomic E-state index is -0.121. The van der Waals surface area contributed by atoms with E-state index in [4.69, 9.17) is 0 Å². The highest BCUT2D eigenvalue weighted by atomic mass is 32.1. The Labute approximate surface area is 190 Å². The number of benzene rings is 3. The summed E-state index contributed by atoms with van der Waals surface area (Å²) in [5.41, 5.74) is 2.50. The predicted octanol–water partition coefficient (Wildman–Crippen LogP) is 5.12. The molecule has 0 unspecified atom stereocenters. The van der Waals surface area contributed by atoms with Crippen molar-refractivity contribution in [2.24, 2.45) is 0 Å². The lowest BCUT2D eigenvalue weighted by Crippen LogP contribution is -2.48. The van der Waals surface area contributed by atoms with Crippen molar-refractivity contribution in [2.45, 2.75) is 0 Å². The lowest BCUT2D eigenvalue weighted by Gasteiger charge is -2.36. The number of rotatable bonds is 4. The maximum absolute atomic E-state index is 12.7. The molecule has 160 valence electrons. The second-order valence-electron chi connectivity index (χ2n) is 7.82. The van der Waals surface area contributed by atoms with Crippen molar-refractivity contribution in [1.82, 2.24) is 4.90 Å². The second-order valence-corrected chi connectivity index (χ2v) is 8.77. The van der Waals surface area contributed by atoms with Crippen LogP contribution in [0.15, 0.2) is 84.2 Å². The van der Waals surface area contributed by atoms with Gasteiger partial charge in [-0.3, -0.25) is 9.59 Å². The van der Waals surface area contributed by atoms with Crippen LogP contribution in [0.2, 0.25) is 0 Å². The summed E-state index contributed by atoms with van der Waals surface area (Å²) in [6.45, 7) is 2.99. The Kier molecular flexibility index (Phi) is 5.60. The molecule has 0 radical (unpaired) electrons. The maximum atomic E-state index is 12.7. The third-order valence-corrected chi connectivity index (χ3v) is 6.66. The average Bonchev–Trinajstić information content (AvgIpc) is 3.39. The van der Waals surface area contributed by atoms with Crippen LogP contribution in [0.1, 0.15) is 20.0 Å². The molecule has 5 rings (SSSR count). The first-order valence-corrected chi connectivity index (χ1v) is 11.5. The number of carbonyl (C=O) groups is 2. The van der Waals surface area contributed by atoms with Gasteiger partial charge in [0.25, 0.3) is 11.8 Å². The van der Waals surface area contributed by atoms with Crippen molar-refractivity contribution in [2.75, 3.05) is 36.4 Å². The standard InChI is InChI=1S/C26H23N3O2S/c30-25(21-8-7-19-4-1-2-5-20(19)18-21)27-22-9-11-23(12-10-22)28-13-15-29(16-14-28)26(31)24-6-3-17-32-24/h1-12,17-18H,13-16H2,(H,27,30). The van der Waals surface area contributed by atoms with Crippen LogP contribution in [0.25, 0.3) is 10.8 Å². The van der Waals surface area contributed by atoms with Crippen LogP contribution in [0.4, 0.5) is 11.4 Å². The molecule has 4 aromatic rings. The van der Waals surface area contributed by atoms with Gasteiger partial charge in [-0.05, 0) is 58.6 Å². The molecule has 1 aromatic heterocycles. The molecule has 2 amide bonds. The monoisotopic (exact) mass is 441 g/mol. The number of amides is 2. The van der Waals surface area contributed by atoms with Gasteiger partial charge in [-0.1, -0.05) is 36.4 Å². The molecule has 3 aromatic carbocycles. The van der Waals surface area contributed by atoms with Crippen LogP contribution < -0.4 is 10.2 Å². The number of hydrogen-bond donors (Lipinski definition) is 1. The van der Waals surface area contributed by atoms with Crippen molar-refractivity contribution in [3.05, 3.63) is 94.7 Å². The highest BCUT2D eigenvalue weighted by Crippen LogP contribution is 2.22. The van der Waals surface area contributed by atoms with Gasteiger partial charge >= 0.3 is 0 Å². The molecule has 0 atom stereocenters. The van der Waals surface area contributed by atoms with Crippen LogP contribution >= 0.6 is 11.3 Å². The van der Waals surface area contributed by atoms with E-state index in [-0.39, 0.29) is 11.8 Å². The molecule has 0 saturated carbocycles. The molecule has 1 aliphatic rings. The minimum Gasteiger partial charge on any atom is -0.368 e. The summed E-state index contributed by atoms with van der Waals surface area (Å²) in [6, 6.07) is 25.4. The molecule has 1 fully saturated rings. The zero-order chi connectivity index (χ0) is 21.9. The molecule has 1 N–H and O–H groups in total. The number of piperazine rings is 1. The Morgan fingerprint density at radius 1 is 0.781 bits per heavy atom. The van der Waals surface area contributed by atoms with Crippen molar-refractivity contribution in [3.8, 4) is 0 Å². The number of nitrogens with zero attached hydrogens (tertiary/aromatic N) is 2. The van der Waals surface area contributed by atoms with Crippen LogP contribution in [0, 0.1) is 0 Å². The highest BCUT2D eigenvalue weighted by Gasteiger charge is 2.22. The van der Waals surface area contributed by atoms with Gasteiger partial charge in [-0.15, -0.1) is 11.3 Å². The molecule has 5 nitrogen and oxygen atoms in total.